The molecule has 1 aliphatic heterocycles. The van der Waals surface area contributed by atoms with Gasteiger partial charge in [0.15, 0.2) is 0 Å². The van der Waals surface area contributed by atoms with Crippen molar-refractivity contribution in [1.82, 2.24) is 14.5 Å². The van der Waals surface area contributed by atoms with Crippen molar-refractivity contribution in [2.24, 2.45) is 0 Å². The largest absolute Gasteiger partial charge is 0.515 e. The summed E-state index contributed by atoms with van der Waals surface area (Å²) in [6.45, 7) is 2.35. The predicted molar refractivity (Wildman–Crippen MR) is 112 cm³/mol. The molecule has 0 fully saturated rings. The van der Waals surface area contributed by atoms with Crippen molar-refractivity contribution < 1.29 is 28.5 Å². The van der Waals surface area contributed by atoms with Gasteiger partial charge >= 0.3 is 6.16 Å². The van der Waals surface area contributed by atoms with Gasteiger partial charge in [-0.2, -0.15) is 0 Å². The van der Waals surface area contributed by atoms with Crippen LogP contribution in [0.15, 0.2) is 36.0 Å². The minimum Gasteiger partial charge on any atom is -0.497 e. The van der Waals surface area contributed by atoms with Gasteiger partial charge in [0.05, 0.1) is 39.6 Å². The quantitative estimate of drug-likeness (QED) is 0.537. The minimum atomic E-state index is -0.839. The summed E-state index contributed by atoms with van der Waals surface area (Å²) in [5, 5.41) is 1.84. The van der Waals surface area contributed by atoms with E-state index in [1.807, 2.05) is 23.6 Å². The monoisotopic (exact) mass is 443 g/mol. The fourth-order valence-corrected chi connectivity index (χ4v) is 4.23. The van der Waals surface area contributed by atoms with Crippen molar-refractivity contribution in [2.75, 3.05) is 20.8 Å². The van der Waals surface area contributed by atoms with Gasteiger partial charge in [0.25, 0.3) is 5.91 Å². The standard InChI is InChI=1S/C21H21N3O6S/c1-4-29-21(26)30-19-16-11-23(10-13-5-6-14(27-2)9-17(13)28-3)20(25)18-15(7-8-31-18)24(16)12-22-19/h5-9,12H,4,10-11H2,1-3H3. The minimum absolute atomic E-state index is 0.108. The van der Waals surface area contributed by atoms with Gasteiger partial charge in [0.2, 0.25) is 5.88 Å². The summed E-state index contributed by atoms with van der Waals surface area (Å²) in [5.74, 6) is 1.25. The molecule has 0 atom stereocenters. The van der Waals surface area contributed by atoms with Gasteiger partial charge in [0.1, 0.15) is 28.4 Å². The molecule has 162 valence electrons. The van der Waals surface area contributed by atoms with Crippen molar-refractivity contribution in [2.45, 2.75) is 20.0 Å². The number of aromatic nitrogens is 2. The lowest BCUT2D eigenvalue weighted by Gasteiger charge is -2.22. The molecule has 1 aromatic carbocycles. The second-order valence-electron chi connectivity index (χ2n) is 6.63. The molecular weight excluding hydrogens is 422 g/mol. The summed E-state index contributed by atoms with van der Waals surface area (Å²) in [5.41, 5.74) is 2.09. The van der Waals surface area contributed by atoms with Crippen molar-refractivity contribution in [1.29, 1.82) is 0 Å². The van der Waals surface area contributed by atoms with Crippen molar-refractivity contribution >= 4 is 23.4 Å². The number of benzene rings is 1. The van der Waals surface area contributed by atoms with Crippen molar-refractivity contribution in [3.63, 3.8) is 0 Å². The highest BCUT2D eigenvalue weighted by Crippen LogP contribution is 2.34. The Kier molecular flexibility index (Phi) is 5.81. The zero-order chi connectivity index (χ0) is 22.0. The molecule has 9 nitrogen and oxygen atoms in total. The van der Waals surface area contributed by atoms with Gasteiger partial charge < -0.3 is 23.8 Å². The Morgan fingerprint density at radius 1 is 1.23 bits per heavy atom. The molecule has 0 saturated carbocycles. The van der Waals surface area contributed by atoms with Crippen LogP contribution in [0.5, 0.6) is 17.4 Å². The highest BCUT2D eigenvalue weighted by atomic mass is 32.1. The van der Waals surface area contributed by atoms with E-state index in [1.165, 1.54) is 11.3 Å². The number of ether oxygens (including phenoxy) is 4. The number of rotatable bonds is 6. The van der Waals surface area contributed by atoms with Crippen LogP contribution in [0.2, 0.25) is 0 Å². The Morgan fingerprint density at radius 3 is 2.81 bits per heavy atom. The zero-order valence-corrected chi connectivity index (χ0v) is 18.1. The van der Waals surface area contributed by atoms with Gasteiger partial charge in [-0.05, 0) is 30.5 Å². The number of thiophene rings is 1. The first-order chi connectivity index (χ1) is 15.0. The van der Waals surface area contributed by atoms with Gasteiger partial charge in [-0.3, -0.25) is 9.36 Å². The molecule has 4 rings (SSSR count). The number of methoxy groups -OCH3 is 2. The van der Waals surface area contributed by atoms with Crippen LogP contribution < -0.4 is 14.2 Å². The molecule has 2 aromatic heterocycles. The molecule has 0 N–H and O–H groups in total. The van der Waals surface area contributed by atoms with Crippen LogP contribution in [0, 0.1) is 0 Å². The summed E-state index contributed by atoms with van der Waals surface area (Å²) in [7, 11) is 3.15. The molecule has 10 heteroatoms. The number of carbonyl (C=O) groups is 2. The van der Waals surface area contributed by atoms with E-state index in [-0.39, 0.29) is 31.5 Å². The highest BCUT2D eigenvalue weighted by Gasteiger charge is 2.31. The SMILES string of the molecule is CCOC(=O)Oc1ncn2c1CN(Cc1ccc(OC)cc1OC)C(=O)c1sccc1-2. The predicted octanol–water partition coefficient (Wildman–Crippen LogP) is 3.64. The molecule has 0 aliphatic carbocycles. The molecular formula is C21H21N3O6S. The van der Waals surface area contributed by atoms with Crippen LogP contribution in [0.1, 0.15) is 27.9 Å². The van der Waals surface area contributed by atoms with Gasteiger partial charge in [-0.15, -0.1) is 11.3 Å². The summed E-state index contributed by atoms with van der Waals surface area (Å²) in [4.78, 5) is 31.7. The van der Waals surface area contributed by atoms with Crippen molar-refractivity contribution in [3.05, 3.63) is 52.1 Å². The van der Waals surface area contributed by atoms with Crippen LogP contribution in [0.25, 0.3) is 5.69 Å². The average molecular weight is 443 g/mol. The lowest BCUT2D eigenvalue weighted by atomic mass is 10.1. The first kappa shape index (κ1) is 20.7. The van der Waals surface area contributed by atoms with E-state index < -0.39 is 6.16 Å². The number of hydrogen-bond donors (Lipinski definition) is 0. The molecule has 1 amide bonds. The Labute approximate surface area is 182 Å². The second kappa shape index (κ2) is 8.68. The van der Waals surface area contributed by atoms with E-state index in [0.717, 1.165) is 5.56 Å². The van der Waals surface area contributed by atoms with Crippen molar-refractivity contribution in [3.8, 4) is 23.1 Å². The molecule has 3 aromatic rings. The summed E-state index contributed by atoms with van der Waals surface area (Å²) >= 11 is 1.35. The van der Waals surface area contributed by atoms with Crippen LogP contribution in [0.3, 0.4) is 0 Å². The molecule has 0 saturated heterocycles. The summed E-state index contributed by atoms with van der Waals surface area (Å²) < 4.78 is 22.7. The lowest BCUT2D eigenvalue weighted by Crippen LogP contribution is -2.29. The normalized spacial score (nSPS) is 12.6. The first-order valence-electron chi connectivity index (χ1n) is 9.54. The number of nitrogens with zero attached hydrogens (tertiary/aromatic N) is 3. The third-order valence-electron chi connectivity index (χ3n) is 4.85. The Hall–Kier alpha value is -3.53. The Morgan fingerprint density at radius 2 is 2.06 bits per heavy atom. The molecule has 0 spiro atoms. The molecule has 31 heavy (non-hydrogen) atoms. The van der Waals surface area contributed by atoms with Crippen LogP contribution in [0.4, 0.5) is 4.79 Å². The van der Waals surface area contributed by atoms with E-state index in [4.69, 9.17) is 18.9 Å². The fraction of sp³-hybridized carbons (Fsp3) is 0.286. The second-order valence-corrected chi connectivity index (χ2v) is 7.54. The van der Waals surface area contributed by atoms with E-state index in [1.54, 1.807) is 43.0 Å². The van der Waals surface area contributed by atoms with Crippen LogP contribution in [-0.4, -0.2) is 47.3 Å². The first-order valence-corrected chi connectivity index (χ1v) is 10.4. The number of amides is 1. The highest BCUT2D eigenvalue weighted by molar-refractivity contribution is 7.12. The van der Waals surface area contributed by atoms with E-state index in [2.05, 4.69) is 4.98 Å². The zero-order valence-electron chi connectivity index (χ0n) is 17.3. The van der Waals surface area contributed by atoms with E-state index in [9.17, 15) is 9.59 Å². The average Bonchev–Trinajstić information content (AvgIpc) is 3.38. The van der Waals surface area contributed by atoms with Gasteiger partial charge in [-0.1, -0.05) is 0 Å². The van der Waals surface area contributed by atoms with Gasteiger partial charge in [-0.25, -0.2) is 9.78 Å². The Bertz CT molecular complexity index is 1120. The van der Waals surface area contributed by atoms with Gasteiger partial charge in [0, 0.05) is 11.6 Å². The molecule has 0 bridgehead atoms. The molecule has 1 aliphatic rings. The van der Waals surface area contributed by atoms with Crippen LogP contribution >= 0.6 is 11.3 Å². The number of hydrogen-bond acceptors (Lipinski definition) is 8. The third-order valence-corrected chi connectivity index (χ3v) is 5.74. The topological polar surface area (TPSA) is 92.1 Å². The molecule has 0 radical (unpaired) electrons. The third kappa shape index (κ3) is 3.93. The summed E-state index contributed by atoms with van der Waals surface area (Å²) in [6.07, 6.45) is 0.702. The number of carbonyl (C=O) groups excluding carboxylic acids is 2. The molecule has 0 unspecified atom stereocenters. The lowest BCUT2D eigenvalue weighted by molar-refractivity contribution is 0.0734. The maximum absolute atomic E-state index is 13.3. The number of imidazole rings is 1. The number of fused-ring (bicyclic) bond motifs is 3. The van der Waals surface area contributed by atoms with Crippen LogP contribution in [-0.2, 0) is 17.8 Å². The van der Waals surface area contributed by atoms with E-state index >= 15 is 0 Å². The smallest absolute Gasteiger partial charge is 0.497 e. The van der Waals surface area contributed by atoms with E-state index in [0.29, 0.717) is 27.8 Å². The molecule has 3 heterocycles. The maximum Gasteiger partial charge on any atom is 0.515 e. The maximum atomic E-state index is 13.3. The Balaban J connectivity index is 1.71. The fourth-order valence-electron chi connectivity index (χ4n) is 3.38. The summed E-state index contributed by atoms with van der Waals surface area (Å²) in [6, 6.07) is 7.29.